The number of benzene rings is 1. The minimum absolute atomic E-state index is 0.377. The fourth-order valence-corrected chi connectivity index (χ4v) is 3.37. The Morgan fingerprint density at radius 3 is 2.47 bits per heavy atom. The largest absolute Gasteiger partial charge is 0.373 e. The molecule has 3 rings (SSSR count). The van der Waals surface area contributed by atoms with Gasteiger partial charge in [0.15, 0.2) is 0 Å². The molecule has 2 aliphatic rings. The molecule has 2 heteroatoms. The van der Waals surface area contributed by atoms with Crippen molar-refractivity contribution in [2.24, 2.45) is 11.8 Å². The number of hydrogen-bond donors (Lipinski definition) is 0. The van der Waals surface area contributed by atoms with Crippen LogP contribution in [0.4, 0.5) is 0 Å². The number of rotatable bonds is 3. The summed E-state index contributed by atoms with van der Waals surface area (Å²) in [5.41, 5.74) is 1.75. The zero-order valence-electron chi connectivity index (χ0n) is 11.1. The molecule has 0 aliphatic heterocycles. The Hall–Kier alpha value is -1.59. The van der Waals surface area contributed by atoms with E-state index in [1.54, 1.807) is 0 Å². The van der Waals surface area contributed by atoms with Gasteiger partial charge in [0.05, 0.1) is 24.3 Å². The van der Waals surface area contributed by atoms with E-state index in [1.807, 2.05) is 24.3 Å². The molecular formula is C17H19NO. The molecular weight excluding hydrogens is 234 g/mol. The zero-order chi connectivity index (χ0) is 13.1. The molecule has 1 unspecified atom stereocenters. The van der Waals surface area contributed by atoms with Crippen LogP contribution in [0.1, 0.15) is 36.8 Å². The smallest absolute Gasteiger partial charge is 0.0995 e. The van der Waals surface area contributed by atoms with Crippen LogP contribution in [0.2, 0.25) is 0 Å². The number of ether oxygens (including phenoxy) is 1. The van der Waals surface area contributed by atoms with E-state index >= 15 is 0 Å². The summed E-state index contributed by atoms with van der Waals surface area (Å²) in [6.07, 6.45) is 9.82. The highest BCUT2D eigenvalue weighted by Crippen LogP contribution is 2.41. The summed E-state index contributed by atoms with van der Waals surface area (Å²) >= 11 is 0. The van der Waals surface area contributed by atoms with Crippen LogP contribution in [0.15, 0.2) is 36.4 Å². The molecule has 0 spiro atoms. The predicted octanol–water partition coefficient (Wildman–Crippen LogP) is 3.82. The average molecular weight is 253 g/mol. The highest BCUT2D eigenvalue weighted by Gasteiger charge is 2.34. The van der Waals surface area contributed by atoms with E-state index in [1.165, 1.54) is 25.7 Å². The molecule has 1 saturated carbocycles. The third-order valence-electron chi connectivity index (χ3n) is 4.45. The molecule has 19 heavy (non-hydrogen) atoms. The van der Waals surface area contributed by atoms with E-state index in [4.69, 9.17) is 10.00 Å². The van der Waals surface area contributed by atoms with Gasteiger partial charge in [-0.25, -0.2) is 0 Å². The average Bonchev–Trinajstić information content (AvgIpc) is 2.88. The van der Waals surface area contributed by atoms with Gasteiger partial charge in [0, 0.05) is 0 Å². The van der Waals surface area contributed by atoms with Crippen LogP contribution in [0.5, 0.6) is 0 Å². The minimum atomic E-state index is 0.377. The second-order valence-electron chi connectivity index (χ2n) is 5.64. The van der Waals surface area contributed by atoms with Crippen LogP contribution in [0, 0.1) is 23.2 Å². The number of hydrogen-bond acceptors (Lipinski definition) is 2. The number of allylic oxidation sites excluding steroid dienone is 2. The monoisotopic (exact) mass is 253 g/mol. The van der Waals surface area contributed by atoms with Gasteiger partial charge in [0.1, 0.15) is 0 Å². The molecule has 1 aromatic rings. The quantitative estimate of drug-likeness (QED) is 0.767. The predicted molar refractivity (Wildman–Crippen MR) is 74.3 cm³/mol. The van der Waals surface area contributed by atoms with Crippen molar-refractivity contribution in [1.29, 1.82) is 5.26 Å². The first-order valence-electron chi connectivity index (χ1n) is 7.11. The fraction of sp³-hybridized carbons (Fsp3) is 0.471. The lowest BCUT2D eigenvalue weighted by atomic mass is 9.86. The zero-order valence-corrected chi connectivity index (χ0v) is 11.1. The second-order valence-corrected chi connectivity index (χ2v) is 5.64. The van der Waals surface area contributed by atoms with E-state index < -0.39 is 0 Å². The first-order valence-corrected chi connectivity index (χ1v) is 7.11. The van der Waals surface area contributed by atoms with E-state index in [9.17, 15) is 0 Å². The van der Waals surface area contributed by atoms with Crippen molar-refractivity contribution in [3.05, 3.63) is 47.5 Å². The summed E-state index contributed by atoms with van der Waals surface area (Å²) in [6, 6.07) is 9.95. The standard InChI is InChI=1S/C17H19NO/c18-11-15-7-3-4-8-16(15)12-19-17-9-13-5-1-2-6-14(13)10-17/h1-4,7-8,13-14,17H,5-6,9-10,12H2/t13-,14+,17?. The highest BCUT2D eigenvalue weighted by atomic mass is 16.5. The minimum Gasteiger partial charge on any atom is -0.373 e. The van der Waals surface area contributed by atoms with Crippen molar-refractivity contribution >= 4 is 0 Å². The van der Waals surface area contributed by atoms with Gasteiger partial charge in [-0.15, -0.1) is 0 Å². The molecule has 0 amide bonds. The summed E-state index contributed by atoms with van der Waals surface area (Å²) in [5.74, 6) is 1.64. The van der Waals surface area contributed by atoms with Crippen LogP contribution in [-0.2, 0) is 11.3 Å². The Morgan fingerprint density at radius 1 is 1.11 bits per heavy atom. The molecule has 1 fully saturated rings. The summed E-state index contributed by atoms with van der Waals surface area (Å²) in [7, 11) is 0. The van der Waals surface area contributed by atoms with Crippen LogP contribution in [0.3, 0.4) is 0 Å². The Labute approximate surface area is 114 Å². The molecule has 0 saturated heterocycles. The lowest BCUT2D eigenvalue weighted by Crippen LogP contribution is -2.09. The molecule has 0 N–H and O–H groups in total. The lowest BCUT2D eigenvalue weighted by Gasteiger charge is -2.19. The van der Waals surface area contributed by atoms with Gasteiger partial charge < -0.3 is 4.74 Å². The lowest BCUT2D eigenvalue weighted by molar-refractivity contribution is 0.0414. The van der Waals surface area contributed by atoms with E-state index in [0.717, 1.165) is 23.0 Å². The first-order chi connectivity index (χ1) is 9.36. The van der Waals surface area contributed by atoms with E-state index in [-0.39, 0.29) is 0 Å². The normalized spacial score (nSPS) is 28.9. The van der Waals surface area contributed by atoms with Crippen LogP contribution in [-0.4, -0.2) is 6.10 Å². The Kier molecular flexibility index (Phi) is 3.66. The van der Waals surface area contributed by atoms with E-state index in [2.05, 4.69) is 18.2 Å². The third-order valence-corrected chi connectivity index (χ3v) is 4.45. The molecule has 0 radical (unpaired) electrons. The van der Waals surface area contributed by atoms with Gasteiger partial charge in [-0.2, -0.15) is 5.26 Å². The highest BCUT2D eigenvalue weighted by molar-refractivity contribution is 5.36. The third kappa shape index (κ3) is 2.72. The maximum atomic E-state index is 9.07. The Morgan fingerprint density at radius 2 is 1.79 bits per heavy atom. The van der Waals surface area contributed by atoms with Crippen molar-refractivity contribution in [3.8, 4) is 6.07 Å². The molecule has 0 heterocycles. The van der Waals surface area contributed by atoms with Gasteiger partial charge >= 0.3 is 0 Å². The number of nitriles is 1. The molecule has 0 bridgehead atoms. The molecule has 2 nitrogen and oxygen atoms in total. The van der Waals surface area contributed by atoms with Crippen molar-refractivity contribution < 1.29 is 4.74 Å². The number of nitrogens with zero attached hydrogens (tertiary/aromatic N) is 1. The van der Waals surface area contributed by atoms with Crippen molar-refractivity contribution in [2.75, 3.05) is 0 Å². The van der Waals surface area contributed by atoms with Crippen molar-refractivity contribution in [3.63, 3.8) is 0 Å². The van der Waals surface area contributed by atoms with Gasteiger partial charge in [0.25, 0.3) is 0 Å². The number of fused-ring (bicyclic) bond motifs is 1. The first kappa shape index (κ1) is 12.4. The Bertz CT molecular complexity index is 498. The van der Waals surface area contributed by atoms with Gasteiger partial charge in [0.2, 0.25) is 0 Å². The van der Waals surface area contributed by atoms with Crippen molar-refractivity contribution in [2.45, 2.75) is 38.4 Å². The Balaban J connectivity index is 1.58. The van der Waals surface area contributed by atoms with Crippen molar-refractivity contribution in [1.82, 2.24) is 0 Å². The van der Waals surface area contributed by atoms with Gasteiger partial charge in [-0.1, -0.05) is 30.4 Å². The SMILES string of the molecule is N#Cc1ccccc1COC1C[C@H]2CC=CC[C@H]2C1. The molecule has 98 valence electrons. The fourth-order valence-electron chi connectivity index (χ4n) is 3.37. The molecule has 1 aromatic carbocycles. The van der Waals surface area contributed by atoms with Gasteiger partial charge in [-0.05, 0) is 49.1 Å². The van der Waals surface area contributed by atoms with Crippen LogP contribution >= 0.6 is 0 Å². The molecule has 3 atom stereocenters. The maximum Gasteiger partial charge on any atom is 0.0995 e. The topological polar surface area (TPSA) is 33.0 Å². The summed E-state index contributed by atoms with van der Waals surface area (Å²) in [5, 5.41) is 9.07. The van der Waals surface area contributed by atoms with Crippen LogP contribution in [0.25, 0.3) is 0 Å². The summed E-state index contributed by atoms with van der Waals surface area (Å²) in [6.45, 7) is 0.571. The molecule has 2 aliphatic carbocycles. The maximum absolute atomic E-state index is 9.07. The van der Waals surface area contributed by atoms with Crippen LogP contribution < -0.4 is 0 Å². The second kappa shape index (κ2) is 5.59. The van der Waals surface area contributed by atoms with Gasteiger partial charge in [-0.3, -0.25) is 0 Å². The molecule has 0 aromatic heterocycles. The van der Waals surface area contributed by atoms with E-state index in [0.29, 0.717) is 12.7 Å². The summed E-state index contributed by atoms with van der Waals surface area (Å²) < 4.78 is 6.04. The summed E-state index contributed by atoms with van der Waals surface area (Å²) in [4.78, 5) is 0.